The maximum absolute atomic E-state index is 13.1. The second-order valence-electron chi connectivity index (χ2n) is 5.97. The van der Waals surface area contributed by atoms with E-state index in [-0.39, 0.29) is 11.7 Å². The fourth-order valence-electron chi connectivity index (χ4n) is 3.17. The fourth-order valence-corrected chi connectivity index (χ4v) is 3.17. The van der Waals surface area contributed by atoms with Gasteiger partial charge in [0.1, 0.15) is 17.5 Å². The number of carbonyl (C=O) groups is 2. The van der Waals surface area contributed by atoms with Gasteiger partial charge in [-0.2, -0.15) is 0 Å². The van der Waals surface area contributed by atoms with Crippen LogP contribution in [-0.4, -0.2) is 18.7 Å². The number of piperidine rings is 1. The van der Waals surface area contributed by atoms with E-state index in [4.69, 9.17) is 0 Å². The van der Waals surface area contributed by atoms with Crippen molar-refractivity contribution in [1.82, 2.24) is 0 Å². The summed E-state index contributed by atoms with van der Waals surface area (Å²) in [5, 5.41) is 0. The zero-order valence-electron chi connectivity index (χ0n) is 12.7. The van der Waals surface area contributed by atoms with Gasteiger partial charge in [-0.3, -0.25) is 4.79 Å². The van der Waals surface area contributed by atoms with Crippen molar-refractivity contribution in [3.8, 4) is 0 Å². The maximum Gasteiger partial charge on any atom is 0.240 e. The van der Waals surface area contributed by atoms with Crippen molar-refractivity contribution in [2.24, 2.45) is 5.41 Å². The molecule has 3 nitrogen and oxygen atoms in total. The number of rotatable bonds is 4. The summed E-state index contributed by atoms with van der Waals surface area (Å²) in [4.78, 5) is 26.4. The van der Waals surface area contributed by atoms with E-state index in [0.717, 1.165) is 18.3 Å². The largest absolute Gasteiger partial charge is 0.312 e. The minimum Gasteiger partial charge on any atom is -0.312 e. The number of carbonyl (C=O) groups excluding carboxylic acids is 2. The van der Waals surface area contributed by atoms with Gasteiger partial charge in [0.15, 0.2) is 0 Å². The van der Waals surface area contributed by atoms with Gasteiger partial charge in [-0.1, -0.05) is 30.3 Å². The number of hydrogen-bond donors (Lipinski definition) is 0. The van der Waals surface area contributed by atoms with Gasteiger partial charge < -0.3 is 9.69 Å². The molecule has 4 heteroatoms. The first-order valence-electron chi connectivity index (χ1n) is 7.72. The Morgan fingerprint density at radius 1 is 1.09 bits per heavy atom. The normalized spacial score (nSPS) is 21.3. The summed E-state index contributed by atoms with van der Waals surface area (Å²) in [7, 11) is 0. The number of aldehydes is 1. The van der Waals surface area contributed by atoms with Gasteiger partial charge in [0.25, 0.3) is 0 Å². The molecule has 1 fully saturated rings. The molecule has 118 valence electrons. The monoisotopic (exact) mass is 311 g/mol. The first kappa shape index (κ1) is 15.4. The lowest BCUT2D eigenvalue weighted by Gasteiger charge is -2.38. The van der Waals surface area contributed by atoms with E-state index < -0.39 is 5.41 Å². The molecule has 23 heavy (non-hydrogen) atoms. The van der Waals surface area contributed by atoms with E-state index in [1.54, 1.807) is 17.0 Å². The maximum atomic E-state index is 13.1. The van der Waals surface area contributed by atoms with Crippen LogP contribution in [0.25, 0.3) is 0 Å². The third kappa shape index (κ3) is 3.02. The molecule has 1 saturated heterocycles. The molecular weight excluding hydrogens is 293 g/mol. The van der Waals surface area contributed by atoms with Crippen LogP contribution in [-0.2, 0) is 16.0 Å². The Morgan fingerprint density at radius 2 is 1.78 bits per heavy atom. The predicted molar refractivity (Wildman–Crippen MR) is 86.6 cm³/mol. The molecule has 1 heterocycles. The number of hydrogen-bond acceptors (Lipinski definition) is 2. The van der Waals surface area contributed by atoms with Crippen molar-refractivity contribution in [3.63, 3.8) is 0 Å². The molecule has 0 radical (unpaired) electrons. The highest BCUT2D eigenvalue weighted by atomic mass is 19.1. The molecule has 2 aromatic rings. The summed E-state index contributed by atoms with van der Waals surface area (Å²) in [6, 6.07) is 15.4. The second kappa shape index (κ2) is 6.32. The summed E-state index contributed by atoms with van der Waals surface area (Å²) < 4.78 is 13.1. The van der Waals surface area contributed by atoms with E-state index in [1.807, 2.05) is 30.3 Å². The molecule has 0 aromatic heterocycles. The van der Waals surface area contributed by atoms with Gasteiger partial charge in [0, 0.05) is 12.2 Å². The summed E-state index contributed by atoms with van der Waals surface area (Å²) in [5.74, 6) is -0.543. The molecule has 0 N–H and O–H groups in total. The van der Waals surface area contributed by atoms with E-state index in [0.29, 0.717) is 25.1 Å². The number of halogens is 1. The number of benzene rings is 2. The first-order valence-corrected chi connectivity index (χ1v) is 7.72. The quantitative estimate of drug-likeness (QED) is 0.641. The number of anilines is 1. The summed E-state index contributed by atoms with van der Waals surface area (Å²) in [5.41, 5.74) is 0.567. The van der Waals surface area contributed by atoms with Crippen molar-refractivity contribution in [3.05, 3.63) is 66.0 Å². The van der Waals surface area contributed by atoms with Crippen molar-refractivity contribution >= 4 is 17.9 Å². The fraction of sp³-hybridized carbons (Fsp3) is 0.263. The molecule has 0 unspecified atom stereocenters. The molecule has 0 saturated carbocycles. The third-order valence-corrected chi connectivity index (χ3v) is 4.40. The zero-order chi connectivity index (χ0) is 16.3. The average molecular weight is 311 g/mol. The second-order valence-corrected chi connectivity index (χ2v) is 5.97. The van der Waals surface area contributed by atoms with Crippen molar-refractivity contribution in [2.45, 2.75) is 19.3 Å². The minimum absolute atomic E-state index is 0.200. The van der Waals surface area contributed by atoms with Crippen LogP contribution in [0.2, 0.25) is 0 Å². The van der Waals surface area contributed by atoms with E-state index in [9.17, 15) is 14.0 Å². The Hall–Kier alpha value is -2.49. The van der Waals surface area contributed by atoms with Gasteiger partial charge >= 0.3 is 0 Å². The SMILES string of the molecule is O=C[C@@]1(Cc2ccccc2)CCCN(c2ccc(F)cc2)C1=O. The van der Waals surface area contributed by atoms with Crippen molar-refractivity contribution < 1.29 is 14.0 Å². The highest BCUT2D eigenvalue weighted by Gasteiger charge is 2.44. The zero-order valence-corrected chi connectivity index (χ0v) is 12.7. The molecule has 1 aliphatic rings. The van der Waals surface area contributed by atoms with Gasteiger partial charge in [-0.05, 0) is 49.1 Å². The van der Waals surface area contributed by atoms with Gasteiger partial charge in [-0.25, -0.2) is 4.39 Å². The number of amides is 1. The summed E-state index contributed by atoms with van der Waals surface area (Å²) >= 11 is 0. The first-order chi connectivity index (χ1) is 11.1. The minimum atomic E-state index is -1.03. The van der Waals surface area contributed by atoms with Gasteiger partial charge in [0.05, 0.1) is 0 Å². The molecule has 3 rings (SSSR count). The Balaban J connectivity index is 1.90. The van der Waals surface area contributed by atoms with Crippen LogP contribution in [0, 0.1) is 11.2 Å². The van der Waals surface area contributed by atoms with Crippen molar-refractivity contribution in [1.29, 1.82) is 0 Å². The highest BCUT2D eigenvalue weighted by molar-refractivity contribution is 6.07. The lowest BCUT2D eigenvalue weighted by Crippen LogP contribution is -2.51. The summed E-state index contributed by atoms with van der Waals surface area (Å²) in [6.07, 6.45) is 2.47. The van der Waals surface area contributed by atoms with E-state index in [1.165, 1.54) is 12.1 Å². The molecule has 1 aliphatic heterocycles. The smallest absolute Gasteiger partial charge is 0.240 e. The molecule has 1 amide bonds. The standard InChI is InChI=1S/C19H18FNO2/c20-16-7-9-17(10-8-16)21-12-4-11-19(14-22,18(21)23)13-15-5-2-1-3-6-15/h1-3,5-10,14H,4,11-13H2/t19-/m0/s1. The number of nitrogens with zero attached hydrogens (tertiary/aromatic N) is 1. The molecule has 0 bridgehead atoms. The lowest BCUT2D eigenvalue weighted by atomic mass is 9.75. The molecule has 0 aliphatic carbocycles. The average Bonchev–Trinajstić information content (AvgIpc) is 2.59. The van der Waals surface area contributed by atoms with Crippen LogP contribution >= 0.6 is 0 Å². The predicted octanol–water partition coefficient (Wildman–Crippen LogP) is 3.38. The summed E-state index contributed by atoms with van der Waals surface area (Å²) in [6.45, 7) is 0.550. The molecule has 1 atom stereocenters. The van der Waals surface area contributed by atoms with Crippen LogP contribution < -0.4 is 4.90 Å². The van der Waals surface area contributed by atoms with E-state index >= 15 is 0 Å². The van der Waals surface area contributed by atoms with Crippen LogP contribution in [0.4, 0.5) is 10.1 Å². The van der Waals surface area contributed by atoms with Gasteiger partial charge in [0.2, 0.25) is 5.91 Å². The van der Waals surface area contributed by atoms with Crippen LogP contribution in [0.15, 0.2) is 54.6 Å². The van der Waals surface area contributed by atoms with Crippen LogP contribution in [0.3, 0.4) is 0 Å². The Labute approximate surface area is 134 Å². The van der Waals surface area contributed by atoms with Gasteiger partial charge in [-0.15, -0.1) is 0 Å². The lowest BCUT2D eigenvalue weighted by molar-refractivity contribution is -0.136. The molecular formula is C19H18FNO2. The third-order valence-electron chi connectivity index (χ3n) is 4.40. The molecule has 0 spiro atoms. The van der Waals surface area contributed by atoms with Crippen LogP contribution in [0.1, 0.15) is 18.4 Å². The Morgan fingerprint density at radius 3 is 2.43 bits per heavy atom. The van der Waals surface area contributed by atoms with Crippen LogP contribution in [0.5, 0.6) is 0 Å². The van der Waals surface area contributed by atoms with Crippen molar-refractivity contribution in [2.75, 3.05) is 11.4 Å². The molecule has 2 aromatic carbocycles. The Bertz CT molecular complexity index is 699. The van der Waals surface area contributed by atoms with E-state index in [2.05, 4.69) is 0 Å². The Kier molecular flexibility index (Phi) is 4.24. The highest BCUT2D eigenvalue weighted by Crippen LogP contribution is 2.35. The topological polar surface area (TPSA) is 37.4 Å².